The molecule has 0 aromatic heterocycles. The lowest BCUT2D eigenvalue weighted by molar-refractivity contribution is -0.121. The predicted molar refractivity (Wildman–Crippen MR) is 105 cm³/mol. The lowest BCUT2D eigenvalue weighted by Crippen LogP contribution is -2.25. The molecule has 2 aromatic carbocycles. The van der Waals surface area contributed by atoms with Crippen LogP contribution >= 0.6 is 0 Å². The second-order valence-corrected chi connectivity index (χ2v) is 6.24. The lowest BCUT2D eigenvalue weighted by Gasteiger charge is -2.07. The topological polar surface area (TPSA) is 64.6 Å². The van der Waals surface area contributed by atoms with E-state index in [2.05, 4.69) is 5.32 Å². The summed E-state index contributed by atoms with van der Waals surface area (Å²) in [6, 6.07) is 12.8. The SMILES string of the molecule is CCOc1ccc(C(=O)CCC(=O)NCCCCOc2ccc(F)cc2)cc1. The first-order chi connectivity index (χ1) is 13.6. The maximum Gasteiger partial charge on any atom is 0.220 e. The van der Waals surface area contributed by atoms with Gasteiger partial charge in [0.2, 0.25) is 5.91 Å². The molecule has 5 nitrogen and oxygen atoms in total. The molecule has 0 saturated heterocycles. The standard InChI is InChI=1S/C22H26FNO4/c1-2-27-19-9-5-17(6-10-19)21(25)13-14-22(26)24-15-3-4-16-28-20-11-7-18(23)8-12-20/h5-12H,2-4,13-16H2,1H3,(H,24,26). The van der Waals surface area contributed by atoms with E-state index in [1.165, 1.54) is 12.1 Å². The van der Waals surface area contributed by atoms with Gasteiger partial charge in [-0.05, 0) is 68.3 Å². The number of unbranched alkanes of at least 4 members (excludes halogenated alkanes) is 1. The summed E-state index contributed by atoms with van der Waals surface area (Å²) in [4.78, 5) is 24.0. The van der Waals surface area contributed by atoms with Crippen LogP contribution in [0.15, 0.2) is 48.5 Å². The molecule has 2 rings (SSSR count). The third kappa shape index (κ3) is 7.78. The molecule has 0 aliphatic carbocycles. The van der Waals surface area contributed by atoms with Crippen LogP contribution in [0.25, 0.3) is 0 Å². The van der Waals surface area contributed by atoms with Crippen LogP contribution < -0.4 is 14.8 Å². The van der Waals surface area contributed by atoms with Crippen molar-refractivity contribution in [2.75, 3.05) is 19.8 Å². The van der Waals surface area contributed by atoms with Gasteiger partial charge in [-0.2, -0.15) is 0 Å². The highest BCUT2D eigenvalue weighted by atomic mass is 19.1. The molecule has 0 heterocycles. The average molecular weight is 387 g/mol. The second kappa shape index (κ2) is 11.7. The fraction of sp³-hybridized carbons (Fsp3) is 0.364. The number of Topliss-reactive ketones (excluding diaryl/α,β-unsaturated/α-hetero) is 1. The Kier molecular flexibility index (Phi) is 8.98. The molecule has 150 valence electrons. The maximum atomic E-state index is 12.8. The van der Waals surface area contributed by atoms with Gasteiger partial charge >= 0.3 is 0 Å². The van der Waals surface area contributed by atoms with Gasteiger partial charge < -0.3 is 14.8 Å². The van der Waals surface area contributed by atoms with Crippen molar-refractivity contribution >= 4 is 11.7 Å². The largest absolute Gasteiger partial charge is 0.494 e. The molecule has 6 heteroatoms. The third-order valence-corrected chi connectivity index (χ3v) is 4.04. The van der Waals surface area contributed by atoms with Crippen molar-refractivity contribution in [3.05, 3.63) is 59.9 Å². The summed E-state index contributed by atoms with van der Waals surface area (Å²) >= 11 is 0. The first kappa shape index (κ1) is 21.4. The normalized spacial score (nSPS) is 10.4. The van der Waals surface area contributed by atoms with E-state index in [0.29, 0.717) is 31.1 Å². The summed E-state index contributed by atoms with van der Waals surface area (Å²) in [5.74, 6) is 0.846. The van der Waals surface area contributed by atoms with Crippen LogP contribution in [-0.2, 0) is 4.79 Å². The van der Waals surface area contributed by atoms with Crippen LogP contribution in [-0.4, -0.2) is 31.4 Å². The van der Waals surface area contributed by atoms with Crippen LogP contribution in [0.5, 0.6) is 11.5 Å². The smallest absolute Gasteiger partial charge is 0.220 e. The van der Waals surface area contributed by atoms with Crippen molar-refractivity contribution in [3.8, 4) is 11.5 Å². The number of amides is 1. The lowest BCUT2D eigenvalue weighted by atomic mass is 10.1. The third-order valence-electron chi connectivity index (χ3n) is 4.04. The maximum absolute atomic E-state index is 12.8. The van der Waals surface area contributed by atoms with E-state index >= 15 is 0 Å². The summed E-state index contributed by atoms with van der Waals surface area (Å²) in [5.41, 5.74) is 0.578. The Labute approximate surface area is 164 Å². The highest BCUT2D eigenvalue weighted by Crippen LogP contribution is 2.14. The van der Waals surface area contributed by atoms with E-state index in [9.17, 15) is 14.0 Å². The van der Waals surface area contributed by atoms with Gasteiger partial charge in [0.05, 0.1) is 13.2 Å². The Morgan fingerprint density at radius 1 is 0.893 bits per heavy atom. The Hall–Kier alpha value is -2.89. The number of carbonyl (C=O) groups is 2. The molecule has 28 heavy (non-hydrogen) atoms. The number of ether oxygens (including phenoxy) is 2. The molecule has 1 N–H and O–H groups in total. The van der Waals surface area contributed by atoms with E-state index in [1.807, 2.05) is 6.92 Å². The molecule has 1 amide bonds. The minimum atomic E-state index is -0.295. The van der Waals surface area contributed by atoms with E-state index in [0.717, 1.165) is 18.6 Å². The van der Waals surface area contributed by atoms with Gasteiger partial charge in [-0.15, -0.1) is 0 Å². The van der Waals surface area contributed by atoms with Gasteiger partial charge in [0.1, 0.15) is 17.3 Å². The zero-order chi connectivity index (χ0) is 20.2. The summed E-state index contributed by atoms with van der Waals surface area (Å²) in [6.45, 7) is 3.50. The van der Waals surface area contributed by atoms with Gasteiger partial charge in [-0.3, -0.25) is 9.59 Å². The van der Waals surface area contributed by atoms with Crippen LogP contribution in [0.1, 0.15) is 43.0 Å². The number of hydrogen-bond acceptors (Lipinski definition) is 4. The summed E-state index contributed by atoms with van der Waals surface area (Å²) < 4.78 is 23.6. The van der Waals surface area contributed by atoms with Gasteiger partial charge in [0, 0.05) is 24.9 Å². The van der Waals surface area contributed by atoms with Crippen molar-refractivity contribution < 1.29 is 23.5 Å². The highest BCUT2D eigenvalue weighted by Gasteiger charge is 2.09. The zero-order valence-corrected chi connectivity index (χ0v) is 16.1. The summed E-state index contributed by atoms with van der Waals surface area (Å²) in [7, 11) is 0. The number of nitrogens with one attached hydrogen (secondary N) is 1. The van der Waals surface area contributed by atoms with Crippen LogP contribution in [0, 0.1) is 5.82 Å². The molecular formula is C22H26FNO4. The molecule has 0 fully saturated rings. The summed E-state index contributed by atoms with van der Waals surface area (Å²) in [5, 5.41) is 2.81. The minimum absolute atomic E-state index is 0.0640. The first-order valence-electron chi connectivity index (χ1n) is 9.49. The Morgan fingerprint density at radius 2 is 1.54 bits per heavy atom. The Bertz CT molecular complexity index is 744. The van der Waals surface area contributed by atoms with Gasteiger partial charge in [-0.1, -0.05) is 0 Å². The fourth-order valence-electron chi connectivity index (χ4n) is 2.54. The number of ketones is 1. The molecule has 0 aliphatic rings. The van der Waals surface area contributed by atoms with Gasteiger partial charge in [0.25, 0.3) is 0 Å². The monoisotopic (exact) mass is 387 g/mol. The summed E-state index contributed by atoms with van der Waals surface area (Å²) in [6.07, 6.45) is 1.87. The van der Waals surface area contributed by atoms with E-state index in [1.54, 1.807) is 36.4 Å². The van der Waals surface area contributed by atoms with E-state index < -0.39 is 0 Å². The van der Waals surface area contributed by atoms with Crippen molar-refractivity contribution in [1.82, 2.24) is 5.32 Å². The molecule has 0 saturated carbocycles. The molecule has 0 radical (unpaired) electrons. The number of rotatable bonds is 12. The molecule has 0 aliphatic heterocycles. The zero-order valence-electron chi connectivity index (χ0n) is 16.1. The first-order valence-corrected chi connectivity index (χ1v) is 9.49. The minimum Gasteiger partial charge on any atom is -0.494 e. The van der Waals surface area contributed by atoms with Crippen molar-refractivity contribution in [2.45, 2.75) is 32.6 Å². The second-order valence-electron chi connectivity index (χ2n) is 6.24. The quantitative estimate of drug-likeness (QED) is 0.439. The van der Waals surface area contributed by atoms with Crippen molar-refractivity contribution in [3.63, 3.8) is 0 Å². The Morgan fingerprint density at radius 3 is 2.21 bits per heavy atom. The van der Waals surface area contributed by atoms with Crippen LogP contribution in [0.3, 0.4) is 0 Å². The molecule has 2 aromatic rings. The fourth-order valence-corrected chi connectivity index (χ4v) is 2.54. The van der Waals surface area contributed by atoms with E-state index in [-0.39, 0.29) is 30.3 Å². The predicted octanol–water partition coefficient (Wildman–Crippen LogP) is 4.16. The molecular weight excluding hydrogens is 361 g/mol. The van der Waals surface area contributed by atoms with Crippen LogP contribution in [0.2, 0.25) is 0 Å². The van der Waals surface area contributed by atoms with Crippen LogP contribution in [0.4, 0.5) is 4.39 Å². The van der Waals surface area contributed by atoms with Crippen molar-refractivity contribution in [1.29, 1.82) is 0 Å². The highest BCUT2D eigenvalue weighted by molar-refractivity contribution is 5.98. The van der Waals surface area contributed by atoms with E-state index in [4.69, 9.17) is 9.47 Å². The molecule has 0 atom stereocenters. The average Bonchev–Trinajstić information content (AvgIpc) is 2.71. The van der Waals surface area contributed by atoms with Gasteiger partial charge in [0.15, 0.2) is 5.78 Å². The number of hydrogen-bond donors (Lipinski definition) is 1. The number of carbonyl (C=O) groups excluding carboxylic acids is 2. The Balaban J connectivity index is 1.55. The number of benzene rings is 2. The van der Waals surface area contributed by atoms with Gasteiger partial charge in [-0.25, -0.2) is 4.39 Å². The number of halogens is 1. The van der Waals surface area contributed by atoms with Crippen molar-refractivity contribution in [2.24, 2.45) is 0 Å². The molecule has 0 spiro atoms. The molecule has 0 bridgehead atoms. The molecule has 0 unspecified atom stereocenters.